The van der Waals surface area contributed by atoms with E-state index in [1.165, 1.54) is 0 Å². The van der Waals surface area contributed by atoms with Crippen molar-refractivity contribution < 1.29 is 14.6 Å². The van der Waals surface area contributed by atoms with E-state index in [0.29, 0.717) is 5.92 Å². The average molecular weight is 258 g/mol. The van der Waals surface area contributed by atoms with Gasteiger partial charge in [0.05, 0.1) is 6.61 Å². The molecule has 0 saturated heterocycles. The Labute approximate surface area is 109 Å². The SMILES string of the molecule is CC(C)(C)OC(=O)NC1CC(C[C@@](C)(N)CO)C1. The zero-order valence-electron chi connectivity index (χ0n) is 11.8. The Hall–Kier alpha value is -0.810. The highest BCUT2D eigenvalue weighted by atomic mass is 16.6. The normalized spacial score (nSPS) is 27.0. The molecule has 1 saturated carbocycles. The third-order valence-corrected chi connectivity index (χ3v) is 3.07. The number of hydrogen-bond acceptors (Lipinski definition) is 4. The van der Waals surface area contributed by atoms with Gasteiger partial charge in [-0.05, 0) is 52.9 Å². The predicted octanol–water partition coefficient (Wildman–Crippen LogP) is 1.39. The molecule has 106 valence electrons. The van der Waals surface area contributed by atoms with Crippen LogP contribution in [-0.2, 0) is 4.74 Å². The van der Waals surface area contributed by atoms with E-state index in [2.05, 4.69) is 5.32 Å². The van der Waals surface area contributed by atoms with Gasteiger partial charge >= 0.3 is 6.09 Å². The van der Waals surface area contributed by atoms with Crippen LogP contribution in [0, 0.1) is 5.92 Å². The van der Waals surface area contributed by atoms with Gasteiger partial charge in [-0.15, -0.1) is 0 Å². The summed E-state index contributed by atoms with van der Waals surface area (Å²) in [4.78, 5) is 11.5. The first-order chi connectivity index (χ1) is 8.11. The Morgan fingerprint density at radius 3 is 2.39 bits per heavy atom. The Kier molecular flexibility index (Phi) is 4.61. The summed E-state index contributed by atoms with van der Waals surface area (Å²) in [6.45, 7) is 7.38. The topological polar surface area (TPSA) is 84.6 Å². The third-order valence-electron chi connectivity index (χ3n) is 3.07. The molecule has 1 atom stereocenters. The fourth-order valence-electron chi connectivity index (χ4n) is 2.22. The number of nitrogens with one attached hydrogen (secondary N) is 1. The summed E-state index contributed by atoms with van der Waals surface area (Å²) in [5.41, 5.74) is 4.92. The Balaban J connectivity index is 2.21. The van der Waals surface area contributed by atoms with E-state index < -0.39 is 11.1 Å². The van der Waals surface area contributed by atoms with Crippen molar-refractivity contribution in [1.29, 1.82) is 0 Å². The lowest BCUT2D eigenvalue weighted by molar-refractivity contribution is 0.0433. The van der Waals surface area contributed by atoms with Gasteiger partial charge in [0.15, 0.2) is 0 Å². The van der Waals surface area contributed by atoms with Crippen molar-refractivity contribution in [3.63, 3.8) is 0 Å². The number of rotatable bonds is 4. The maximum absolute atomic E-state index is 11.5. The number of hydrogen-bond donors (Lipinski definition) is 3. The first kappa shape index (κ1) is 15.2. The zero-order chi connectivity index (χ0) is 14.0. The molecule has 5 heteroatoms. The second-order valence-corrected chi connectivity index (χ2v) is 6.70. The van der Waals surface area contributed by atoms with Crippen molar-refractivity contribution in [3.05, 3.63) is 0 Å². The summed E-state index contributed by atoms with van der Waals surface area (Å²) in [6.07, 6.45) is 2.25. The number of aliphatic hydroxyl groups is 1. The molecule has 1 rings (SSSR count). The summed E-state index contributed by atoms with van der Waals surface area (Å²) in [5, 5.41) is 11.9. The lowest BCUT2D eigenvalue weighted by Crippen LogP contribution is -2.50. The third kappa shape index (κ3) is 5.23. The highest BCUT2D eigenvalue weighted by Crippen LogP contribution is 2.33. The molecule has 0 aromatic heterocycles. The first-order valence-electron chi connectivity index (χ1n) is 6.50. The molecule has 0 aliphatic heterocycles. The largest absolute Gasteiger partial charge is 0.444 e. The monoisotopic (exact) mass is 258 g/mol. The van der Waals surface area contributed by atoms with Gasteiger partial charge in [-0.1, -0.05) is 0 Å². The molecule has 0 heterocycles. The van der Waals surface area contributed by atoms with Crippen LogP contribution >= 0.6 is 0 Å². The molecular formula is C13H26N2O3. The van der Waals surface area contributed by atoms with Crippen LogP contribution in [0.4, 0.5) is 4.79 Å². The van der Waals surface area contributed by atoms with E-state index in [1.54, 1.807) is 0 Å². The van der Waals surface area contributed by atoms with Gasteiger partial charge in [0.1, 0.15) is 5.60 Å². The summed E-state index contributed by atoms with van der Waals surface area (Å²) in [6, 6.07) is 0.180. The Morgan fingerprint density at radius 1 is 1.39 bits per heavy atom. The molecule has 5 nitrogen and oxygen atoms in total. The molecular weight excluding hydrogens is 232 g/mol. The standard InChI is InChI=1S/C13H26N2O3/c1-12(2,3)18-11(17)15-10-5-9(6-10)7-13(4,14)8-16/h9-10,16H,5-8,14H2,1-4H3,(H,15,17)/t9?,10?,13-/m1/s1. The molecule has 0 aromatic rings. The average Bonchev–Trinajstić information content (AvgIpc) is 2.11. The zero-order valence-corrected chi connectivity index (χ0v) is 11.8. The summed E-state index contributed by atoms with van der Waals surface area (Å²) < 4.78 is 5.19. The van der Waals surface area contributed by atoms with Crippen molar-refractivity contribution >= 4 is 6.09 Å². The van der Waals surface area contributed by atoms with Crippen molar-refractivity contribution in [1.82, 2.24) is 5.32 Å². The molecule has 1 fully saturated rings. The maximum Gasteiger partial charge on any atom is 0.407 e. The van der Waals surface area contributed by atoms with Crippen LogP contribution in [0.15, 0.2) is 0 Å². The van der Waals surface area contributed by atoms with E-state index in [1.807, 2.05) is 27.7 Å². The van der Waals surface area contributed by atoms with Crippen LogP contribution in [0.1, 0.15) is 47.0 Å². The minimum absolute atomic E-state index is 0.00629. The fourth-order valence-corrected chi connectivity index (χ4v) is 2.22. The molecule has 0 radical (unpaired) electrons. The number of nitrogens with two attached hydrogens (primary N) is 1. The smallest absolute Gasteiger partial charge is 0.407 e. The fraction of sp³-hybridized carbons (Fsp3) is 0.923. The van der Waals surface area contributed by atoms with Crippen LogP contribution in [-0.4, -0.2) is 35.0 Å². The molecule has 0 spiro atoms. The predicted molar refractivity (Wildman–Crippen MR) is 70.2 cm³/mol. The van der Waals surface area contributed by atoms with Gasteiger partial charge < -0.3 is 20.9 Å². The van der Waals surface area contributed by atoms with Crippen LogP contribution in [0.5, 0.6) is 0 Å². The molecule has 18 heavy (non-hydrogen) atoms. The van der Waals surface area contributed by atoms with Gasteiger partial charge in [-0.2, -0.15) is 0 Å². The van der Waals surface area contributed by atoms with Crippen molar-refractivity contribution in [2.75, 3.05) is 6.61 Å². The van der Waals surface area contributed by atoms with E-state index in [9.17, 15) is 4.79 Å². The second kappa shape index (κ2) is 5.45. The Morgan fingerprint density at radius 2 is 1.94 bits per heavy atom. The number of carbonyl (C=O) groups excluding carboxylic acids is 1. The molecule has 1 aliphatic rings. The van der Waals surface area contributed by atoms with Gasteiger partial charge in [0, 0.05) is 11.6 Å². The summed E-state index contributed by atoms with van der Waals surface area (Å²) >= 11 is 0. The van der Waals surface area contributed by atoms with Crippen molar-refractivity contribution in [2.24, 2.45) is 11.7 Å². The van der Waals surface area contributed by atoms with Gasteiger partial charge in [-0.3, -0.25) is 0 Å². The van der Waals surface area contributed by atoms with Crippen LogP contribution < -0.4 is 11.1 Å². The van der Waals surface area contributed by atoms with Crippen molar-refractivity contribution in [2.45, 2.75) is 64.1 Å². The molecule has 0 aromatic carbocycles. The van der Waals surface area contributed by atoms with E-state index >= 15 is 0 Å². The molecule has 0 unspecified atom stereocenters. The Bertz CT molecular complexity index is 291. The minimum atomic E-state index is -0.512. The minimum Gasteiger partial charge on any atom is -0.444 e. The number of aliphatic hydroxyl groups excluding tert-OH is 1. The number of ether oxygens (including phenoxy) is 1. The van der Waals surface area contributed by atoms with E-state index in [-0.39, 0.29) is 18.7 Å². The van der Waals surface area contributed by atoms with Gasteiger partial charge in [-0.25, -0.2) is 4.79 Å². The maximum atomic E-state index is 11.5. The highest BCUT2D eigenvalue weighted by molar-refractivity contribution is 5.68. The molecule has 4 N–H and O–H groups in total. The summed E-state index contributed by atoms with van der Waals surface area (Å²) in [7, 11) is 0. The van der Waals surface area contributed by atoms with Gasteiger partial charge in [0.25, 0.3) is 0 Å². The van der Waals surface area contributed by atoms with Crippen molar-refractivity contribution in [3.8, 4) is 0 Å². The van der Waals surface area contributed by atoms with E-state index in [0.717, 1.165) is 19.3 Å². The number of carbonyl (C=O) groups is 1. The lowest BCUT2D eigenvalue weighted by atomic mass is 9.74. The van der Waals surface area contributed by atoms with E-state index in [4.69, 9.17) is 15.6 Å². The van der Waals surface area contributed by atoms with Crippen LogP contribution in [0.25, 0.3) is 0 Å². The first-order valence-corrected chi connectivity index (χ1v) is 6.50. The lowest BCUT2D eigenvalue weighted by Gasteiger charge is -2.39. The highest BCUT2D eigenvalue weighted by Gasteiger charge is 2.35. The molecule has 1 amide bonds. The van der Waals surface area contributed by atoms with Crippen LogP contribution in [0.2, 0.25) is 0 Å². The molecule has 0 bridgehead atoms. The number of amides is 1. The van der Waals surface area contributed by atoms with Gasteiger partial charge in [0.2, 0.25) is 0 Å². The summed E-state index contributed by atoms with van der Waals surface area (Å²) in [5.74, 6) is 0.479. The number of alkyl carbamates (subject to hydrolysis) is 1. The van der Waals surface area contributed by atoms with Crippen LogP contribution in [0.3, 0.4) is 0 Å². The quantitative estimate of drug-likeness (QED) is 0.711. The second-order valence-electron chi connectivity index (χ2n) is 6.70. The molecule has 1 aliphatic carbocycles.